The van der Waals surface area contributed by atoms with Crippen molar-refractivity contribution in [2.24, 2.45) is 5.92 Å². The second-order valence-corrected chi connectivity index (χ2v) is 3.37. The Morgan fingerprint density at radius 3 is 2.08 bits per heavy atom. The van der Waals surface area contributed by atoms with Crippen LogP contribution in [0.15, 0.2) is 12.2 Å². The summed E-state index contributed by atoms with van der Waals surface area (Å²) < 4.78 is 0. The highest BCUT2D eigenvalue weighted by Gasteiger charge is 2.32. The van der Waals surface area contributed by atoms with Gasteiger partial charge in [0.1, 0.15) is 0 Å². The molecule has 0 spiro atoms. The fourth-order valence-corrected chi connectivity index (χ4v) is 1.33. The Labute approximate surface area is 76.8 Å². The first kappa shape index (κ1) is 9.92. The van der Waals surface area contributed by atoms with Gasteiger partial charge in [0.25, 0.3) is 11.8 Å². The molecule has 72 valence electrons. The number of aliphatic hydroxyl groups is 1. The van der Waals surface area contributed by atoms with Gasteiger partial charge in [0.2, 0.25) is 0 Å². The van der Waals surface area contributed by atoms with Crippen LogP contribution in [0, 0.1) is 5.92 Å². The molecular formula is C9H13NO3. The molecule has 0 aromatic carbocycles. The van der Waals surface area contributed by atoms with Crippen molar-refractivity contribution in [3.8, 4) is 0 Å². The summed E-state index contributed by atoms with van der Waals surface area (Å²) in [5.74, 6) is -0.603. The van der Waals surface area contributed by atoms with Crippen LogP contribution in [0.2, 0.25) is 0 Å². The molecule has 1 rings (SSSR count). The molecule has 4 nitrogen and oxygen atoms in total. The highest BCUT2D eigenvalue weighted by molar-refractivity contribution is 6.13. The number of carbonyl (C=O) groups excluding carboxylic acids is 2. The lowest BCUT2D eigenvalue weighted by molar-refractivity contribution is -0.141. The Hall–Kier alpha value is -1.16. The zero-order chi connectivity index (χ0) is 10.0. The van der Waals surface area contributed by atoms with Crippen LogP contribution < -0.4 is 0 Å². The van der Waals surface area contributed by atoms with Crippen molar-refractivity contribution in [3.63, 3.8) is 0 Å². The molecule has 0 aromatic heterocycles. The van der Waals surface area contributed by atoms with E-state index >= 15 is 0 Å². The Kier molecular flexibility index (Phi) is 2.83. The van der Waals surface area contributed by atoms with Crippen LogP contribution in [0.5, 0.6) is 0 Å². The minimum absolute atomic E-state index is 0.0674. The van der Waals surface area contributed by atoms with Gasteiger partial charge in [-0.25, -0.2) is 0 Å². The Balaban J connectivity index is 2.81. The average Bonchev–Trinajstić information content (AvgIpc) is 2.36. The molecule has 1 unspecified atom stereocenters. The zero-order valence-corrected chi connectivity index (χ0v) is 7.73. The quantitative estimate of drug-likeness (QED) is 0.623. The second kappa shape index (κ2) is 3.70. The molecule has 0 saturated heterocycles. The summed E-state index contributed by atoms with van der Waals surface area (Å²) in [6.45, 7) is 3.54. The third-order valence-electron chi connectivity index (χ3n) is 2.13. The summed E-state index contributed by atoms with van der Waals surface area (Å²) >= 11 is 0. The Bertz CT molecular complexity index is 240. The maximum absolute atomic E-state index is 11.2. The van der Waals surface area contributed by atoms with E-state index in [9.17, 15) is 9.59 Å². The molecule has 1 atom stereocenters. The molecule has 13 heavy (non-hydrogen) atoms. The number of amides is 2. The van der Waals surface area contributed by atoms with Crippen LogP contribution in [0.4, 0.5) is 0 Å². The van der Waals surface area contributed by atoms with Crippen LogP contribution in [-0.4, -0.2) is 34.5 Å². The van der Waals surface area contributed by atoms with Crippen molar-refractivity contribution < 1.29 is 14.7 Å². The predicted molar refractivity (Wildman–Crippen MR) is 46.7 cm³/mol. The molecule has 0 aliphatic carbocycles. The maximum Gasteiger partial charge on any atom is 0.253 e. The first-order valence-electron chi connectivity index (χ1n) is 4.24. The van der Waals surface area contributed by atoms with Gasteiger partial charge in [0.05, 0.1) is 12.6 Å². The molecule has 2 amide bonds. The standard InChI is InChI=1S/C9H13NO3/c1-6(2)7(5-11)10-8(12)3-4-9(10)13/h3-4,6-7,11H,5H2,1-2H3. The highest BCUT2D eigenvalue weighted by Crippen LogP contribution is 2.15. The van der Waals surface area contributed by atoms with Crippen molar-refractivity contribution in [1.29, 1.82) is 0 Å². The van der Waals surface area contributed by atoms with E-state index in [4.69, 9.17) is 5.11 Å². The molecule has 0 radical (unpaired) electrons. The van der Waals surface area contributed by atoms with Gasteiger partial charge in [0, 0.05) is 12.2 Å². The van der Waals surface area contributed by atoms with E-state index in [1.807, 2.05) is 13.8 Å². The van der Waals surface area contributed by atoms with Crippen molar-refractivity contribution in [2.75, 3.05) is 6.61 Å². The fourth-order valence-electron chi connectivity index (χ4n) is 1.33. The molecule has 0 aromatic rings. The van der Waals surface area contributed by atoms with E-state index < -0.39 is 6.04 Å². The van der Waals surface area contributed by atoms with Gasteiger partial charge in [-0.2, -0.15) is 0 Å². The minimum Gasteiger partial charge on any atom is -0.394 e. The predicted octanol–water partition coefficient (Wildman–Crippen LogP) is -0.0717. The smallest absolute Gasteiger partial charge is 0.253 e. The first-order valence-corrected chi connectivity index (χ1v) is 4.24. The maximum atomic E-state index is 11.2. The molecule has 1 heterocycles. The summed E-state index contributed by atoms with van der Waals surface area (Å²) in [7, 11) is 0. The highest BCUT2D eigenvalue weighted by atomic mass is 16.3. The van der Waals surface area contributed by atoms with E-state index in [-0.39, 0.29) is 24.3 Å². The van der Waals surface area contributed by atoms with Gasteiger partial charge in [-0.1, -0.05) is 13.8 Å². The molecule has 1 aliphatic rings. The molecular weight excluding hydrogens is 170 g/mol. The van der Waals surface area contributed by atoms with Crippen LogP contribution in [-0.2, 0) is 9.59 Å². The van der Waals surface area contributed by atoms with Crippen LogP contribution in [0.3, 0.4) is 0 Å². The number of aliphatic hydroxyl groups excluding tert-OH is 1. The van der Waals surface area contributed by atoms with E-state index in [1.54, 1.807) is 0 Å². The molecule has 1 N–H and O–H groups in total. The SMILES string of the molecule is CC(C)C(CO)N1C(=O)C=CC1=O. The number of hydrogen-bond donors (Lipinski definition) is 1. The van der Waals surface area contributed by atoms with Gasteiger partial charge in [-0.15, -0.1) is 0 Å². The lowest BCUT2D eigenvalue weighted by Gasteiger charge is -2.27. The summed E-state index contributed by atoms with van der Waals surface area (Å²) in [5.41, 5.74) is 0. The van der Waals surface area contributed by atoms with Crippen LogP contribution >= 0.6 is 0 Å². The molecule has 1 aliphatic heterocycles. The first-order chi connectivity index (χ1) is 6.07. The number of hydrogen-bond acceptors (Lipinski definition) is 3. The topological polar surface area (TPSA) is 57.6 Å². The van der Waals surface area contributed by atoms with Gasteiger partial charge >= 0.3 is 0 Å². The molecule has 0 bridgehead atoms. The van der Waals surface area contributed by atoms with Crippen molar-refractivity contribution in [2.45, 2.75) is 19.9 Å². The number of carbonyl (C=O) groups is 2. The van der Waals surface area contributed by atoms with Crippen molar-refractivity contribution in [3.05, 3.63) is 12.2 Å². The van der Waals surface area contributed by atoms with Gasteiger partial charge in [-0.05, 0) is 5.92 Å². The summed E-state index contributed by atoms with van der Waals surface area (Å²) in [6, 6.07) is -0.407. The van der Waals surface area contributed by atoms with Crippen LogP contribution in [0.1, 0.15) is 13.8 Å². The zero-order valence-electron chi connectivity index (χ0n) is 7.73. The number of nitrogens with zero attached hydrogens (tertiary/aromatic N) is 1. The Morgan fingerprint density at radius 1 is 1.31 bits per heavy atom. The Morgan fingerprint density at radius 2 is 1.77 bits per heavy atom. The third kappa shape index (κ3) is 1.78. The van der Waals surface area contributed by atoms with E-state index in [2.05, 4.69) is 0 Å². The van der Waals surface area contributed by atoms with Gasteiger partial charge < -0.3 is 5.11 Å². The molecule has 4 heteroatoms. The molecule has 0 fully saturated rings. The third-order valence-corrected chi connectivity index (χ3v) is 2.13. The van der Waals surface area contributed by atoms with Gasteiger partial charge in [-0.3, -0.25) is 14.5 Å². The normalized spacial score (nSPS) is 18.9. The van der Waals surface area contributed by atoms with Crippen LogP contribution in [0.25, 0.3) is 0 Å². The van der Waals surface area contributed by atoms with E-state index in [1.165, 1.54) is 12.2 Å². The van der Waals surface area contributed by atoms with Crippen molar-refractivity contribution in [1.82, 2.24) is 4.90 Å². The lowest BCUT2D eigenvalue weighted by Crippen LogP contribution is -2.45. The van der Waals surface area contributed by atoms with Crippen molar-refractivity contribution >= 4 is 11.8 Å². The average molecular weight is 183 g/mol. The minimum atomic E-state index is -0.407. The van der Waals surface area contributed by atoms with E-state index in [0.717, 1.165) is 4.90 Å². The largest absolute Gasteiger partial charge is 0.394 e. The monoisotopic (exact) mass is 183 g/mol. The molecule has 0 saturated carbocycles. The number of imide groups is 1. The second-order valence-electron chi connectivity index (χ2n) is 3.37. The van der Waals surface area contributed by atoms with E-state index in [0.29, 0.717) is 0 Å². The number of rotatable bonds is 3. The fraction of sp³-hybridized carbons (Fsp3) is 0.556. The van der Waals surface area contributed by atoms with Gasteiger partial charge in [0.15, 0.2) is 0 Å². The summed E-state index contributed by atoms with van der Waals surface area (Å²) in [5, 5.41) is 9.02. The summed E-state index contributed by atoms with van der Waals surface area (Å²) in [6.07, 6.45) is 2.46. The summed E-state index contributed by atoms with van der Waals surface area (Å²) in [4.78, 5) is 23.5. The lowest BCUT2D eigenvalue weighted by atomic mass is 10.0.